The zero-order valence-corrected chi connectivity index (χ0v) is 40.5. The summed E-state index contributed by atoms with van der Waals surface area (Å²) in [5.41, 5.74) is -0.339. The molecule has 1 unspecified atom stereocenters. The molecule has 3 aromatic rings. The second-order valence-electron chi connectivity index (χ2n) is 18.0. The van der Waals surface area contributed by atoms with Crippen LogP contribution in [0.25, 0.3) is 0 Å². The van der Waals surface area contributed by atoms with E-state index in [1.807, 2.05) is 35.1 Å². The van der Waals surface area contributed by atoms with Crippen LogP contribution in [0.3, 0.4) is 0 Å². The lowest BCUT2D eigenvalue weighted by Crippen LogP contribution is -2.47. The molecule has 3 N–H and O–H groups in total. The number of sulfonamides is 1. The largest absolute Gasteiger partial charge is 0.501 e. The summed E-state index contributed by atoms with van der Waals surface area (Å²) in [6, 6.07) is 17.9. The number of anilines is 2. The summed E-state index contributed by atoms with van der Waals surface area (Å²) in [6.45, 7) is 17.2. The molecule has 0 aromatic heterocycles. The molecule has 1 amide bonds. The summed E-state index contributed by atoms with van der Waals surface area (Å²) in [7, 11) is -10.9. The van der Waals surface area contributed by atoms with Crippen LogP contribution in [0.2, 0.25) is 0 Å². The first kappa shape index (κ1) is 50.5. The molecule has 356 valence electrons. The highest BCUT2D eigenvalue weighted by Crippen LogP contribution is 2.43. The van der Waals surface area contributed by atoms with Gasteiger partial charge in [0.2, 0.25) is 0 Å². The summed E-state index contributed by atoms with van der Waals surface area (Å²) in [5, 5.41) is 6.30. The Balaban J connectivity index is 1.12. The van der Waals surface area contributed by atoms with Gasteiger partial charge in [-0.25, -0.2) is 21.6 Å². The molecular weight excluding hydrogens is 894 g/mol. The summed E-state index contributed by atoms with van der Waals surface area (Å²) in [4.78, 5) is 19.2. The van der Waals surface area contributed by atoms with E-state index in [-0.39, 0.29) is 16.7 Å². The number of piperazine rings is 2. The molecule has 2 heterocycles. The Morgan fingerprint density at radius 3 is 2.26 bits per heavy atom. The predicted octanol–water partition coefficient (Wildman–Crippen LogP) is 8.73. The highest BCUT2D eigenvalue weighted by molar-refractivity contribution is 7.99. The molecule has 11 nitrogen and oxygen atoms in total. The van der Waals surface area contributed by atoms with Crippen LogP contribution in [0.5, 0.6) is 0 Å². The number of unbranched alkanes of at least 4 members (excludes halogenated alkanes) is 1. The second kappa shape index (κ2) is 22.3. The van der Waals surface area contributed by atoms with Crippen molar-refractivity contribution in [2.75, 3.05) is 81.4 Å². The van der Waals surface area contributed by atoms with Crippen LogP contribution in [0.1, 0.15) is 83.0 Å². The lowest BCUT2D eigenvalue weighted by molar-refractivity contribution is -0.0435. The van der Waals surface area contributed by atoms with Gasteiger partial charge in [0.05, 0.1) is 10.6 Å². The number of halogens is 3. The number of allylic oxidation sites excluding steroid dienone is 3. The quantitative estimate of drug-likeness (QED) is 0.0998. The summed E-state index contributed by atoms with van der Waals surface area (Å²) < 4.78 is 97.8. The number of hydrogen-bond donors (Lipinski definition) is 3. The van der Waals surface area contributed by atoms with Gasteiger partial charge >= 0.3 is 5.51 Å². The van der Waals surface area contributed by atoms with Gasteiger partial charge in [-0.3, -0.25) is 9.69 Å². The molecule has 6 rings (SSSR count). The average Bonchev–Trinajstić information content (AvgIpc) is 3.28. The minimum Gasteiger partial charge on any atom is -0.380 e. The number of carbonyl (C=O) groups excluding carboxylic acids is 1. The van der Waals surface area contributed by atoms with Crippen molar-refractivity contribution in [3.63, 3.8) is 0 Å². The van der Waals surface area contributed by atoms with E-state index in [1.54, 1.807) is 23.3 Å². The Kier molecular flexibility index (Phi) is 17.3. The summed E-state index contributed by atoms with van der Waals surface area (Å²) in [6.07, 6.45) is 9.63. The van der Waals surface area contributed by atoms with Crippen molar-refractivity contribution in [1.82, 2.24) is 19.8 Å². The van der Waals surface area contributed by atoms with E-state index < -0.39 is 47.1 Å². The maximum atomic E-state index is 14.2. The van der Waals surface area contributed by atoms with Gasteiger partial charge in [0, 0.05) is 93.4 Å². The molecule has 3 aliphatic rings. The Morgan fingerprint density at radius 2 is 1.62 bits per heavy atom. The molecule has 2 fully saturated rings. The maximum Gasteiger partial charge on any atom is 0.501 e. The number of amides is 1. The SMILES string of the molecule is C/C=C(\CCCC)C1=C(CN2CCN(c3ccc(C(=O)NS(=O)(=O)c4ccc(NC(CCN5CCNCC5)CSc5ccccc5)c(S(=O)(=O)C(F)(F)F)c4)cc3)CC2)CCC(C)(C)C1. The number of alkyl halides is 3. The highest BCUT2D eigenvalue weighted by Gasteiger charge is 2.48. The summed E-state index contributed by atoms with van der Waals surface area (Å²) >= 11 is 1.47. The number of thioether (sulfide) groups is 1. The van der Waals surface area contributed by atoms with E-state index in [0.717, 1.165) is 101 Å². The molecule has 1 aliphatic carbocycles. The minimum atomic E-state index is -6.04. The fourth-order valence-corrected chi connectivity index (χ4v) is 11.7. The standard InChI is InChI=1S/C48H65F3N6O5S3/c1-5-7-11-36(6-2)43-33-47(3,4)22-20-38(43)34-56-28-30-57(31-29-56)40-16-14-37(15-17-40)46(58)54-65(61,62)42-18-19-44(45(32-42)64(59,60)48(49,50)51)53-39(21-25-55-26-23-52-24-27-55)35-63-41-12-9-8-10-13-41/h6,8-10,12-19,32,39,52-53H,5,7,11,20-31,33-35H2,1-4H3,(H,54,58)/b36-6+. The Morgan fingerprint density at radius 1 is 0.923 bits per heavy atom. The van der Waals surface area contributed by atoms with Crippen molar-refractivity contribution >= 4 is 48.9 Å². The van der Waals surface area contributed by atoms with Gasteiger partial charge < -0.3 is 20.4 Å². The van der Waals surface area contributed by atoms with Crippen LogP contribution in [0, 0.1) is 5.41 Å². The maximum absolute atomic E-state index is 14.2. The zero-order chi connectivity index (χ0) is 46.8. The van der Waals surface area contributed by atoms with Crippen LogP contribution in [-0.4, -0.2) is 115 Å². The van der Waals surface area contributed by atoms with Crippen LogP contribution >= 0.6 is 11.8 Å². The van der Waals surface area contributed by atoms with Crippen molar-refractivity contribution in [2.45, 2.75) is 98.9 Å². The fourth-order valence-electron chi connectivity index (χ4n) is 8.72. The van der Waals surface area contributed by atoms with E-state index in [2.05, 4.69) is 59.1 Å². The Labute approximate surface area is 388 Å². The number of hydrogen-bond acceptors (Lipinski definition) is 11. The minimum absolute atomic E-state index is 0.0168. The third kappa shape index (κ3) is 13.6. The van der Waals surface area contributed by atoms with Gasteiger partial charge in [0.1, 0.15) is 4.90 Å². The first-order valence-corrected chi connectivity index (χ1v) is 26.7. The molecule has 3 aromatic carbocycles. The van der Waals surface area contributed by atoms with Crippen LogP contribution in [0.15, 0.2) is 110 Å². The molecule has 2 aliphatic heterocycles. The molecule has 0 bridgehead atoms. The van der Waals surface area contributed by atoms with Crippen LogP contribution < -0.4 is 20.3 Å². The molecule has 0 spiro atoms. The number of benzene rings is 3. The van der Waals surface area contributed by atoms with Crippen LogP contribution in [0.4, 0.5) is 24.5 Å². The molecular formula is C48H65F3N6O5S3. The average molecular weight is 959 g/mol. The topological polar surface area (TPSA) is 131 Å². The lowest BCUT2D eigenvalue weighted by Gasteiger charge is -2.39. The fraction of sp³-hybridized carbons (Fsp3) is 0.521. The van der Waals surface area contributed by atoms with Gasteiger partial charge in [0.25, 0.3) is 25.8 Å². The van der Waals surface area contributed by atoms with E-state index >= 15 is 0 Å². The van der Waals surface area contributed by atoms with Crippen molar-refractivity contribution in [3.8, 4) is 0 Å². The van der Waals surface area contributed by atoms with Crippen molar-refractivity contribution in [2.24, 2.45) is 5.41 Å². The highest BCUT2D eigenvalue weighted by atomic mass is 32.2. The molecule has 0 radical (unpaired) electrons. The van der Waals surface area contributed by atoms with Crippen molar-refractivity contribution < 1.29 is 34.8 Å². The van der Waals surface area contributed by atoms with Crippen LogP contribution in [-0.2, 0) is 19.9 Å². The Bertz CT molecular complexity index is 2360. The number of sulfone groups is 1. The van der Waals surface area contributed by atoms with Gasteiger partial charge in [-0.05, 0) is 117 Å². The van der Waals surface area contributed by atoms with Crippen molar-refractivity contribution in [1.29, 1.82) is 0 Å². The third-order valence-corrected chi connectivity index (χ3v) is 16.7. The third-order valence-electron chi connectivity index (χ3n) is 12.6. The Hall–Kier alpha value is -3.87. The summed E-state index contributed by atoms with van der Waals surface area (Å²) in [5.74, 6) is -0.615. The normalized spacial score (nSPS) is 18.7. The molecule has 0 saturated carbocycles. The first-order chi connectivity index (χ1) is 30.9. The number of nitrogens with zero attached hydrogens (tertiary/aromatic N) is 3. The second-order valence-corrected chi connectivity index (χ2v) is 22.7. The zero-order valence-electron chi connectivity index (χ0n) is 38.1. The van der Waals surface area contributed by atoms with E-state index in [4.69, 9.17) is 0 Å². The van der Waals surface area contributed by atoms with Gasteiger partial charge in [0.15, 0.2) is 0 Å². The van der Waals surface area contributed by atoms with E-state index in [1.165, 1.54) is 48.7 Å². The number of carbonyl (C=O) groups is 1. The molecule has 65 heavy (non-hydrogen) atoms. The predicted molar refractivity (Wildman–Crippen MR) is 256 cm³/mol. The molecule has 17 heteroatoms. The lowest BCUT2D eigenvalue weighted by atomic mass is 9.71. The molecule has 1 atom stereocenters. The van der Waals surface area contributed by atoms with Gasteiger partial charge in [-0.15, -0.1) is 11.8 Å². The van der Waals surface area contributed by atoms with E-state index in [0.29, 0.717) is 24.8 Å². The number of rotatable bonds is 19. The first-order valence-electron chi connectivity index (χ1n) is 22.7. The van der Waals surface area contributed by atoms with Gasteiger partial charge in [-0.1, -0.05) is 57.0 Å². The van der Waals surface area contributed by atoms with E-state index in [9.17, 15) is 34.8 Å². The smallest absolute Gasteiger partial charge is 0.380 e. The monoisotopic (exact) mass is 958 g/mol. The van der Waals surface area contributed by atoms with Gasteiger partial charge in [-0.2, -0.15) is 13.2 Å². The van der Waals surface area contributed by atoms with Crippen molar-refractivity contribution in [3.05, 3.63) is 101 Å². The molecule has 2 saturated heterocycles. The number of nitrogens with one attached hydrogen (secondary N) is 3.